The van der Waals surface area contributed by atoms with E-state index in [4.69, 9.17) is 16.2 Å². The van der Waals surface area contributed by atoms with Crippen LogP contribution in [0.25, 0.3) is 0 Å². The summed E-state index contributed by atoms with van der Waals surface area (Å²) in [6.45, 7) is 2.56. The standard InChI is InChI=1S/C12H19FN2O/c1-9-4-10(2-3-14)6-12(5-9)16-8-11(13)7-15/h4-6,11H,2-3,7-8,14-15H2,1H3/t11-/m1/s1. The fourth-order valence-corrected chi connectivity index (χ4v) is 1.47. The highest BCUT2D eigenvalue weighted by Gasteiger charge is 2.05. The molecule has 16 heavy (non-hydrogen) atoms. The average molecular weight is 226 g/mol. The fraction of sp³-hybridized carbons (Fsp3) is 0.500. The lowest BCUT2D eigenvalue weighted by atomic mass is 10.1. The van der Waals surface area contributed by atoms with E-state index in [1.54, 1.807) is 0 Å². The summed E-state index contributed by atoms with van der Waals surface area (Å²) < 4.78 is 18.2. The molecule has 0 unspecified atom stereocenters. The molecule has 0 amide bonds. The second kappa shape index (κ2) is 6.45. The minimum atomic E-state index is -1.11. The molecule has 1 aromatic rings. The Morgan fingerprint density at radius 2 is 2.06 bits per heavy atom. The van der Waals surface area contributed by atoms with Gasteiger partial charge in [-0.05, 0) is 43.1 Å². The van der Waals surface area contributed by atoms with E-state index in [2.05, 4.69) is 6.07 Å². The number of hydrogen-bond acceptors (Lipinski definition) is 3. The first-order valence-electron chi connectivity index (χ1n) is 5.43. The maximum absolute atomic E-state index is 12.9. The van der Waals surface area contributed by atoms with Crippen molar-refractivity contribution in [1.29, 1.82) is 0 Å². The predicted octanol–water partition coefficient (Wildman–Crippen LogP) is 1.17. The molecular weight excluding hydrogens is 207 g/mol. The van der Waals surface area contributed by atoms with Crippen LogP contribution in [0.3, 0.4) is 0 Å². The Morgan fingerprint density at radius 1 is 1.31 bits per heavy atom. The van der Waals surface area contributed by atoms with Crippen LogP contribution in [-0.4, -0.2) is 25.9 Å². The van der Waals surface area contributed by atoms with E-state index in [0.717, 1.165) is 17.5 Å². The van der Waals surface area contributed by atoms with E-state index in [9.17, 15) is 4.39 Å². The van der Waals surface area contributed by atoms with Crippen LogP contribution in [0, 0.1) is 6.92 Å². The van der Waals surface area contributed by atoms with Crippen molar-refractivity contribution in [3.05, 3.63) is 29.3 Å². The molecule has 1 rings (SSSR count). The highest BCUT2D eigenvalue weighted by Crippen LogP contribution is 2.17. The van der Waals surface area contributed by atoms with E-state index >= 15 is 0 Å². The van der Waals surface area contributed by atoms with Crippen LogP contribution in [-0.2, 0) is 6.42 Å². The van der Waals surface area contributed by atoms with Gasteiger partial charge in [0.1, 0.15) is 18.5 Å². The summed E-state index contributed by atoms with van der Waals surface area (Å²) in [4.78, 5) is 0. The smallest absolute Gasteiger partial charge is 0.146 e. The Kier molecular flexibility index (Phi) is 5.22. The maximum Gasteiger partial charge on any atom is 0.146 e. The molecular formula is C12H19FN2O. The van der Waals surface area contributed by atoms with Crippen LogP contribution >= 0.6 is 0 Å². The molecule has 0 aromatic heterocycles. The SMILES string of the molecule is Cc1cc(CCN)cc(OC[C@H](F)CN)c1. The average Bonchev–Trinajstić information content (AvgIpc) is 2.25. The molecule has 0 saturated carbocycles. The van der Waals surface area contributed by atoms with Gasteiger partial charge in [-0.25, -0.2) is 4.39 Å². The molecule has 0 bridgehead atoms. The third kappa shape index (κ3) is 4.16. The van der Waals surface area contributed by atoms with E-state index in [1.165, 1.54) is 0 Å². The zero-order valence-electron chi connectivity index (χ0n) is 9.58. The lowest BCUT2D eigenvalue weighted by molar-refractivity contribution is 0.201. The third-order valence-corrected chi connectivity index (χ3v) is 2.23. The third-order valence-electron chi connectivity index (χ3n) is 2.23. The van der Waals surface area contributed by atoms with Crippen molar-refractivity contribution in [2.75, 3.05) is 19.7 Å². The first-order chi connectivity index (χ1) is 7.65. The van der Waals surface area contributed by atoms with Gasteiger partial charge in [-0.15, -0.1) is 0 Å². The van der Waals surface area contributed by atoms with Gasteiger partial charge >= 0.3 is 0 Å². The normalized spacial score (nSPS) is 12.5. The molecule has 3 nitrogen and oxygen atoms in total. The molecule has 0 heterocycles. The van der Waals surface area contributed by atoms with Crippen molar-refractivity contribution in [3.8, 4) is 5.75 Å². The van der Waals surface area contributed by atoms with E-state index in [1.807, 2.05) is 19.1 Å². The number of ether oxygens (including phenoxy) is 1. The molecule has 1 atom stereocenters. The number of halogens is 1. The van der Waals surface area contributed by atoms with Crippen molar-refractivity contribution in [2.24, 2.45) is 11.5 Å². The largest absolute Gasteiger partial charge is 0.490 e. The second-order valence-electron chi connectivity index (χ2n) is 3.84. The zero-order chi connectivity index (χ0) is 12.0. The van der Waals surface area contributed by atoms with E-state index < -0.39 is 6.17 Å². The van der Waals surface area contributed by atoms with Gasteiger partial charge in [0.2, 0.25) is 0 Å². The van der Waals surface area contributed by atoms with Crippen LogP contribution in [0.4, 0.5) is 4.39 Å². The fourth-order valence-electron chi connectivity index (χ4n) is 1.47. The van der Waals surface area contributed by atoms with Crippen LogP contribution < -0.4 is 16.2 Å². The van der Waals surface area contributed by atoms with Gasteiger partial charge in [0.05, 0.1) is 0 Å². The molecule has 4 N–H and O–H groups in total. The first-order valence-corrected chi connectivity index (χ1v) is 5.43. The lowest BCUT2D eigenvalue weighted by Gasteiger charge is -2.11. The van der Waals surface area contributed by atoms with Crippen molar-refractivity contribution in [2.45, 2.75) is 19.5 Å². The van der Waals surface area contributed by atoms with Gasteiger partial charge in [-0.1, -0.05) is 6.07 Å². The highest BCUT2D eigenvalue weighted by atomic mass is 19.1. The Labute approximate surface area is 95.6 Å². The van der Waals surface area contributed by atoms with Gasteiger partial charge in [-0.3, -0.25) is 0 Å². The molecule has 0 spiro atoms. The molecule has 1 aromatic carbocycles. The van der Waals surface area contributed by atoms with E-state index in [0.29, 0.717) is 12.3 Å². The molecule has 0 saturated heterocycles. The summed E-state index contributed by atoms with van der Waals surface area (Å²) in [5.74, 6) is 0.680. The lowest BCUT2D eigenvalue weighted by Crippen LogP contribution is -2.22. The summed E-state index contributed by atoms with van der Waals surface area (Å²) >= 11 is 0. The summed E-state index contributed by atoms with van der Waals surface area (Å²) in [6, 6.07) is 5.82. The molecule has 4 heteroatoms. The van der Waals surface area contributed by atoms with E-state index in [-0.39, 0.29) is 13.2 Å². The number of nitrogens with two attached hydrogens (primary N) is 2. The Hall–Kier alpha value is -1.13. The summed E-state index contributed by atoms with van der Waals surface area (Å²) in [7, 11) is 0. The summed E-state index contributed by atoms with van der Waals surface area (Å²) in [6.07, 6.45) is -0.313. The van der Waals surface area contributed by atoms with Crippen molar-refractivity contribution < 1.29 is 9.13 Å². The predicted molar refractivity (Wildman–Crippen MR) is 63.4 cm³/mol. The Bertz CT molecular complexity index is 331. The quantitative estimate of drug-likeness (QED) is 0.765. The van der Waals surface area contributed by atoms with Crippen molar-refractivity contribution in [3.63, 3.8) is 0 Å². The Morgan fingerprint density at radius 3 is 2.69 bits per heavy atom. The first kappa shape index (κ1) is 12.9. The van der Waals surface area contributed by atoms with Crippen LogP contribution in [0.5, 0.6) is 5.75 Å². The van der Waals surface area contributed by atoms with Gasteiger partial charge in [0, 0.05) is 6.54 Å². The number of benzene rings is 1. The molecule has 90 valence electrons. The summed E-state index contributed by atoms with van der Waals surface area (Å²) in [5.41, 5.74) is 12.9. The summed E-state index contributed by atoms with van der Waals surface area (Å²) in [5, 5.41) is 0. The minimum absolute atomic E-state index is 0.00200. The van der Waals surface area contributed by atoms with Gasteiger partial charge in [-0.2, -0.15) is 0 Å². The van der Waals surface area contributed by atoms with Crippen molar-refractivity contribution in [1.82, 2.24) is 0 Å². The molecule has 0 radical (unpaired) electrons. The number of aryl methyl sites for hydroxylation is 1. The topological polar surface area (TPSA) is 61.3 Å². The van der Waals surface area contributed by atoms with Crippen LogP contribution in [0.2, 0.25) is 0 Å². The number of hydrogen-bond donors (Lipinski definition) is 2. The van der Waals surface area contributed by atoms with Gasteiger partial charge in [0.15, 0.2) is 0 Å². The molecule has 0 aliphatic rings. The van der Waals surface area contributed by atoms with Crippen molar-refractivity contribution >= 4 is 0 Å². The molecule has 0 aliphatic carbocycles. The minimum Gasteiger partial charge on any atom is -0.490 e. The molecule has 0 fully saturated rings. The monoisotopic (exact) mass is 226 g/mol. The van der Waals surface area contributed by atoms with Gasteiger partial charge in [0.25, 0.3) is 0 Å². The number of alkyl halides is 1. The number of rotatable bonds is 6. The van der Waals surface area contributed by atoms with Gasteiger partial charge < -0.3 is 16.2 Å². The Balaban J connectivity index is 2.64. The zero-order valence-corrected chi connectivity index (χ0v) is 9.58. The van der Waals surface area contributed by atoms with Crippen LogP contribution in [0.15, 0.2) is 18.2 Å². The maximum atomic E-state index is 12.9. The molecule has 0 aliphatic heterocycles. The second-order valence-corrected chi connectivity index (χ2v) is 3.84. The highest BCUT2D eigenvalue weighted by molar-refractivity contribution is 5.34. The van der Waals surface area contributed by atoms with Crippen LogP contribution in [0.1, 0.15) is 11.1 Å².